The number of amides is 1. The highest BCUT2D eigenvalue weighted by molar-refractivity contribution is 6.29. The second kappa shape index (κ2) is 4.79. The van der Waals surface area contributed by atoms with E-state index in [0.717, 1.165) is 0 Å². The Bertz CT molecular complexity index is 523. The highest BCUT2D eigenvalue weighted by atomic mass is 35.5. The Kier molecular flexibility index (Phi) is 3.20. The number of nitrogens with zero attached hydrogens (tertiary/aromatic N) is 4. The normalized spacial score (nSPS) is 10.2. The minimum absolute atomic E-state index is 0.0571. The Balaban J connectivity index is 1.95. The van der Waals surface area contributed by atoms with Crippen LogP contribution in [-0.2, 0) is 11.3 Å². The van der Waals surface area contributed by atoms with Crippen molar-refractivity contribution in [3.8, 4) is 0 Å². The molecular formula is C9H9ClN6O. The minimum atomic E-state index is -0.273. The van der Waals surface area contributed by atoms with Crippen molar-refractivity contribution in [2.45, 2.75) is 6.54 Å². The maximum Gasteiger partial charge on any atom is 0.247 e. The first kappa shape index (κ1) is 11.3. The van der Waals surface area contributed by atoms with Crippen molar-refractivity contribution >= 4 is 29.1 Å². The van der Waals surface area contributed by atoms with Crippen molar-refractivity contribution in [1.29, 1.82) is 0 Å². The molecule has 88 valence electrons. The van der Waals surface area contributed by atoms with Crippen molar-refractivity contribution in [1.82, 2.24) is 20.0 Å². The van der Waals surface area contributed by atoms with Gasteiger partial charge in [-0.15, -0.1) is 10.2 Å². The van der Waals surface area contributed by atoms with Crippen LogP contribution in [0.2, 0.25) is 5.15 Å². The Labute approximate surface area is 102 Å². The zero-order valence-electron chi connectivity index (χ0n) is 8.67. The third-order valence-electron chi connectivity index (χ3n) is 1.87. The maximum atomic E-state index is 11.6. The van der Waals surface area contributed by atoms with Crippen molar-refractivity contribution in [3.05, 3.63) is 29.5 Å². The summed E-state index contributed by atoms with van der Waals surface area (Å²) < 4.78 is 1.42. The smallest absolute Gasteiger partial charge is 0.247 e. The summed E-state index contributed by atoms with van der Waals surface area (Å²) in [4.78, 5) is 11.6. The van der Waals surface area contributed by atoms with Gasteiger partial charge in [0.2, 0.25) is 5.91 Å². The third kappa shape index (κ3) is 3.15. The number of nitrogen functional groups attached to an aromatic ring is 1. The average Bonchev–Trinajstić information content (AvgIpc) is 2.67. The number of nitrogens with two attached hydrogens (primary N) is 1. The van der Waals surface area contributed by atoms with Crippen LogP contribution in [0.15, 0.2) is 24.4 Å². The Morgan fingerprint density at radius 3 is 2.82 bits per heavy atom. The van der Waals surface area contributed by atoms with Crippen LogP contribution in [0, 0.1) is 0 Å². The van der Waals surface area contributed by atoms with E-state index in [1.807, 2.05) is 0 Å². The average molecular weight is 253 g/mol. The summed E-state index contributed by atoms with van der Waals surface area (Å²) in [5, 5.41) is 14.0. The summed E-state index contributed by atoms with van der Waals surface area (Å²) in [6, 6.07) is 4.70. The van der Waals surface area contributed by atoms with Crippen LogP contribution in [0.5, 0.6) is 0 Å². The van der Waals surface area contributed by atoms with Gasteiger partial charge in [0.25, 0.3) is 0 Å². The summed E-state index contributed by atoms with van der Waals surface area (Å²) in [5.74, 6) is 0.424. The second-order valence-corrected chi connectivity index (χ2v) is 3.61. The standard InChI is InChI=1S/C9H9ClN6O/c10-6-1-2-8(14-13-6)12-9(17)5-16-4-3-7(11)15-16/h1-4H,5H2,(H2,11,15)(H,12,14,17). The fraction of sp³-hybridized carbons (Fsp3) is 0.111. The third-order valence-corrected chi connectivity index (χ3v) is 2.07. The van der Waals surface area contributed by atoms with Gasteiger partial charge in [0.15, 0.2) is 11.0 Å². The molecule has 1 amide bonds. The van der Waals surface area contributed by atoms with Gasteiger partial charge in [0.1, 0.15) is 12.4 Å². The predicted octanol–water partition coefficient (Wildman–Crippen LogP) is 0.547. The first-order chi connectivity index (χ1) is 8.13. The molecule has 0 bridgehead atoms. The van der Waals surface area contributed by atoms with Crippen LogP contribution >= 0.6 is 11.6 Å². The van der Waals surface area contributed by atoms with E-state index in [9.17, 15) is 4.79 Å². The Morgan fingerprint density at radius 2 is 2.24 bits per heavy atom. The van der Waals surface area contributed by atoms with Gasteiger partial charge in [0.05, 0.1) is 0 Å². The fourth-order valence-electron chi connectivity index (χ4n) is 1.18. The molecule has 8 heteroatoms. The molecule has 0 aliphatic carbocycles. The Morgan fingerprint density at radius 1 is 1.41 bits per heavy atom. The lowest BCUT2D eigenvalue weighted by atomic mass is 10.5. The van der Waals surface area contributed by atoms with Crippen molar-refractivity contribution in [2.75, 3.05) is 11.1 Å². The molecule has 0 saturated carbocycles. The highest BCUT2D eigenvalue weighted by Gasteiger charge is 2.05. The molecule has 3 N–H and O–H groups in total. The summed E-state index contributed by atoms with van der Waals surface area (Å²) in [7, 11) is 0. The maximum absolute atomic E-state index is 11.6. The zero-order valence-corrected chi connectivity index (χ0v) is 9.42. The van der Waals surface area contributed by atoms with E-state index in [4.69, 9.17) is 17.3 Å². The Hall–Kier alpha value is -2.15. The molecular weight excluding hydrogens is 244 g/mol. The second-order valence-electron chi connectivity index (χ2n) is 3.23. The summed E-state index contributed by atoms with van der Waals surface area (Å²) in [5.41, 5.74) is 5.42. The molecule has 2 aromatic heterocycles. The monoisotopic (exact) mass is 252 g/mol. The van der Waals surface area contributed by atoms with Crippen LogP contribution in [0.4, 0.5) is 11.6 Å². The lowest BCUT2D eigenvalue weighted by Crippen LogP contribution is -2.19. The molecule has 0 spiro atoms. The van der Waals surface area contributed by atoms with Crippen LogP contribution in [0.25, 0.3) is 0 Å². The van der Waals surface area contributed by atoms with Crippen molar-refractivity contribution < 1.29 is 4.79 Å². The van der Waals surface area contributed by atoms with Crippen LogP contribution in [0.1, 0.15) is 0 Å². The lowest BCUT2D eigenvalue weighted by Gasteiger charge is -2.03. The van der Waals surface area contributed by atoms with E-state index in [0.29, 0.717) is 11.6 Å². The number of carbonyl (C=O) groups is 1. The molecule has 2 aromatic rings. The molecule has 0 radical (unpaired) electrons. The number of anilines is 2. The van der Waals surface area contributed by atoms with Crippen molar-refractivity contribution in [3.63, 3.8) is 0 Å². The van der Waals surface area contributed by atoms with Gasteiger partial charge in [-0.05, 0) is 18.2 Å². The predicted molar refractivity (Wildman–Crippen MR) is 62.3 cm³/mol. The molecule has 7 nitrogen and oxygen atoms in total. The fourth-order valence-corrected chi connectivity index (χ4v) is 1.28. The highest BCUT2D eigenvalue weighted by Crippen LogP contribution is 2.06. The van der Waals surface area contributed by atoms with Gasteiger partial charge in [0, 0.05) is 6.20 Å². The molecule has 17 heavy (non-hydrogen) atoms. The number of rotatable bonds is 3. The summed E-state index contributed by atoms with van der Waals surface area (Å²) >= 11 is 5.57. The molecule has 2 rings (SSSR count). The summed E-state index contributed by atoms with van der Waals surface area (Å²) in [6.45, 7) is 0.0571. The molecule has 0 saturated heterocycles. The number of carbonyl (C=O) groups excluding carboxylic acids is 1. The quantitative estimate of drug-likeness (QED) is 0.831. The number of aromatic nitrogens is 4. The van der Waals surface area contributed by atoms with E-state index < -0.39 is 0 Å². The van der Waals surface area contributed by atoms with Crippen LogP contribution in [0.3, 0.4) is 0 Å². The lowest BCUT2D eigenvalue weighted by molar-refractivity contribution is -0.116. The van der Waals surface area contributed by atoms with Crippen LogP contribution < -0.4 is 11.1 Å². The van der Waals surface area contributed by atoms with Crippen molar-refractivity contribution in [2.24, 2.45) is 0 Å². The first-order valence-electron chi connectivity index (χ1n) is 4.71. The van der Waals surface area contributed by atoms with Gasteiger partial charge in [-0.3, -0.25) is 9.48 Å². The first-order valence-corrected chi connectivity index (χ1v) is 5.09. The molecule has 0 atom stereocenters. The van der Waals surface area contributed by atoms with Gasteiger partial charge in [-0.1, -0.05) is 11.6 Å². The molecule has 0 unspecified atom stereocenters. The number of halogens is 1. The van der Waals surface area contributed by atoms with E-state index in [-0.39, 0.29) is 17.6 Å². The SMILES string of the molecule is Nc1ccn(CC(=O)Nc2ccc(Cl)nn2)n1. The zero-order chi connectivity index (χ0) is 12.3. The van der Waals surface area contributed by atoms with Gasteiger partial charge in [-0.25, -0.2) is 0 Å². The molecule has 0 aromatic carbocycles. The molecule has 0 fully saturated rings. The number of hydrogen-bond donors (Lipinski definition) is 2. The van der Waals surface area contributed by atoms with Gasteiger partial charge in [-0.2, -0.15) is 5.10 Å². The molecule has 0 aliphatic rings. The topological polar surface area (TPSA) is 98.7 Å². The van der Waals surface area contributed by atoms with E-state index >= 15 is 0 Å². The number of nitrogens with one attached hydrogen (secondary N) is 1. The van der Waals surface area contributed by atoms with E-state index in [2.05, 4.69) is 20.6 Å². The summed E-state index contributed by atoms with van der Waals surface area (Å²) in [6.07, 6.45) is 1.61. The van der Waals surface area contributed by atoms with Crippen LogP contribution in [-0.4, -0.2) is 25.9 Å². The minimum Gasteiger partial charge on any atom is -0.382 e. The van der Waals surface area contributed by atoms with Gasteiger partial charge >= 0.3 is 0 Å². The van der Waals surface area contributed by atoms with E-state index in [1.165, 1.54) is 10.7 Å². The molecule has 2 heterocycles. The number of hydrogen-bond acceptors (Lipinski definition) is 5. The van der Waals surface area contributed by atoms with E-state index in [1.54, 1.807) is 18.3 Å². The van der Waals surface area contributed by atoms with Gasteiger partial charge < -0.3 is 11.1 Å². The largest absolute Gasteiger partial charge is 0.382 e. The molecule has 0 aliphatic heterocycles.